The Morgan fingerprint density at radius 2 is 1.96 bits per heavy atom. The van der Waals surface area contributed by atoms with E-state index in [4.69, 9.17) is 4.74 Å². The maximum atomic E-state index is 12.3. The number of methoxy groups -OCH3 is 1. The van der Waals surface area contributed by atoms with Crippen LogP contribution in [0.4, 0.5) is 0 Å². The Bertz CT molecular complexity index is 689. The highest BCUT2D eigenvalue weighted by molar-refractivity contribution is 5.79. The molecule has 0 saturated carbocycles. The summed E-state index contributed by atoms with van der Waals surface area (Å²) in [6.07, 6.45) is 2.22. The van der Waals surface area contributed by atoms with Crippen molar-refractivity contribution in [2.75, 3.05) is 7.11 Å². The lowest BCUT2D eigenvalue weighted by Crippen LogP contribution is -2.34. The van der Waals surface area contributed by atoms with Crippen LogP contribution >= 0.6 is 0 Å². The number of rotatable bonds is 7. The fraction of sp³-hybridized carbons (Fsp3) is 0.474. The topological polar surface area (TPSA) is 56.1 Å². The van der Waals surface area contributed by atoms with Crippen LogP contribution in [0.15, 0.2) is 24.3 Å². The third-order valence-corrected chi connectivity index (χ3v) is 4.43. The summed E-state index contributed by atoms with van der Waals surface area (Å²) >= 11 is 0. The molecule has 0 spiro atoms. The minimum atomic E-state index is 0.0523. The van der Waals surface area contributed by atoms with E-state index in [0.717, 1.165) is 35.5 Å². The first-order valence-corrected chi connectivity index (χ1v) is 8.32. The van der Waals surface area contributed by atoms with Crippen LogP contribution in [-0.4, -0.2) is 28.8 Å². The second-order valence-corrected chi connectivity index (χ2v) is 6.31. The van der Waals surface area contributed by atoms with E-state index in [1.54, 1.807) is 7.11 Å². The first-order chi connectivity index (χ1) is 11.4. The number of carbonyl (C=O) groups excluding carboxylic acids is 1. The number of aromatic nitrogens is 2. The van der Waals surface area contributed by atoms with Gasteiger partial charge in [0.1, 0.15) is 5.75 Å². The van der Waals surface area contributed by atoms with E-state index in [1.807, 2.05) is 44.6 Å². The molecule has 0 aliphatic rings. The molecular weight excluding hydrogens is 302 g/mol. The van der Waals surface area contributed by atoms with Crippen molar-refractivity contribution in [3.05, 3.63) is 46.8 Å². The molecule has 0 radical (unpaired) electrons. The molecule has 5 nitrogen and oxygen atoms in total. The molecule has 0 saturated heterocycles. The monoisotopic (exact) mass is 329 g/mol. The van der Waals surface area contributed by atoms with Crippen LogP contribution in [0.5, 0.6) is 5.75 Å². The van der Waals surface area contributed by atoms with Gasteiger partial charge in [-0.2, -0.15) is 5.10 Å². The summed E-state index contributed by atoms with van der Waals surface area (Å²) in [6.45, 7) is 5.99. The average Bonchev–Trinajstić information content (AvgIpc) is 2.79. The second kappa shape index (κ2) is 7.99. The third-order valence-electron chi connectivity index (χ3n) is 4.43. The largest absolute Gasteiger partial charge is 0.497 e. The van der Waals surface area contributed by atoms with Crippen LogP contribution in [0.1, 0.15) is 35.9 Å². The van der Waals surface area contributed by atoms with Crippen LogP contribution in [-0.2, 0) is 24.7 Å². The number of amides is 1. The van der Waals surface area contributed by atoms with E-state index in [9.17, 15) is 4.79 Å². The normalized spacial score (nSPS) is 12.0. The van der Waals surface area contributed by atoms with Gasteiger partial charge in [-0.25, -0.2) is 0 Å². The van der Waals surface area contributed by atoms with Crippen LogP contribution in [0, 0.1) is 13.8 Å². The van der Waals surface area contributed by atoms with Gasteiger partial charge in [0.2, 0.25) is 5.91 Å². The summed E-state index contributed by atoms with van der Waals surface area (Å²) in [7, 11) is 3.57. The predicted molar refractivity (Wildman–Crippen MR) is 95.3 cm³/mol. The number of nitrogens with zero attached hydrogens (tertiary/aromatic N) is 2. The van der Waals surface area contributed by atoms with Crippen molar-refractivity contribution in [2.24, 2.45) is 7.05 Å². The molecule has 1 atom stereocenters. The van der Waals surface area contributed by atoms with Gasteiger partial charge in [-0.1, -0.05) is 12.1 Å². The molecule has 1 aromatic carbocycles. The lowest BCUT2D eigenvalue weighted by atomic mass is 10.1. The SMILES string of the molecule is COc1ccc(CC[C@@H](C)NC(=O)Cc2c(C)nn(C)c2C)cc1. The molecule has 24 heavy (non-hydrogen) atoms. The average molecular weight is 329 g/mol. The minimum Gasteiger partial charge on any atom is -0.497 e. The summed E-state index contributed by atoms with van der Waals surface area (Å²) in [6, 6.07) is 8.20. The first-order valence-electron chi connectivity index (χ1n) is 8.32. The lowest BCUT2D eigenvalue weighted by molar-refractivity contribution is -0.121. The number of ether oxygens (including phenoxy) is 1. The van der Waals surface area contributed by atoms with Crippen molar-refractivity contribution in [3.63, 3.8) is 0 Å². The Balaban J connectivity index is 1.82. The van der Waals surface area contributed by atoms with Gasteiger partial charge >= 0.3 is 0 Å². The Labute approximate surface area is 144 Å². The molecule has 1 amide bonds. The van der Waals surface area contributed by atoms with Crippen molar-refractivity contribution in [1.82, 2.24) is 15.1 Å². The van der Waals surface area contributed by atoms with Crippen LogP contribution in [0.3, 0.4) is 0 Å². The Kier molecular flexibility index (Phi) is 6.01. The molecule has 0 fully saturated rings. The molecule has 1 aromatic heterocycles. The highest BCUT2D eigenvalue weighted by atomic mass is 16.5. The maximum absolute atomic E-state index is 12.3. The highest BCUT2D eigenvalue weighted by Crippen LogP contribution is 2.14. The summed E-state index contributed by atoms with van der Waals surface area (Å²) in [4.78, 5) is 12.3. The van der Waals surface area contributed by atoms with Crippen molar-refractivity contribution in [2.45, 2.75) is 46.1 Å². The zero-order valence-electron chi connectivity index (χ0n) is 15.2. The fourth-order valence-electron chi connectivity index (χ4n) is 2.81. The Morgan fingerprint density at radius 1 is 1.29 bits per heavy atom. The van der Waals surface area contributed by atoms with E-state index in [1.165, 1.54) is 5.56 Å². The molecule has 0 bridgehead atoms. The highest BCUT2D eigenvalue weighted by Gasteiger charge is 2.15. The number of benzene rings is 1. The number of nitrogens with one attached hydrogen (secondary N) is 1. The number of hydrogen-bond donors (Lipinski definition) is 1. The molecule has 0 unspecified atom stereocenters. The number of carbonyl (C=O) groups is 1. The van der Waals surface area contributed by atoms with E-state index in [-0.39, 0.29) is 11.9 Å². The molecule has 0 aliphatic heterocycles. The van der Waals surface area contributed by atoms with Gasteiger partial charge in [0, 0.05) is 24.3 Å². The second-order valence-electron chi connectivity index (χ2n) is 6.31. The fourth-order valence-corrected chi connectivity index (χ4v) is 2.81. The quantitative estimate of drug-likeness (QED) is 0.850. The van der Waals surface area contributed by atoms with E-state index in [0.29, 0.717) is 6.42 Å². The van der Waals surface area contributed by atoms with Gasteiger partial charge in [0.15, 0.2) is 0 Å². The minimum absolute atomic E-state index is 0.0523. The van der Waals surface area contributed by atoms with E-state index >= 15 is 0 Å². The molecule has 1 heterocycles. The molecule has 5 heteroatoms. The molecular formula is C19H27N3O2. The summed E-state index contributed by atoms with van der Waals surface area (Å²) in [5, 5.41) is 7.44. The maximum Gasteiger partial charge on any atom is 0.224 e. The van der Waals surface area contributed by atoms with Gasteiger partial charge in [-0.05, 0) is 51.3 Å². The standard InChI is InChI=1S/C19H27N3O2/c1-13(6-7-16-8-10-17(24-5)11-9-16)20-19(23)12-18-14(2)21-22(4)15(18)3/h8-11,13H,6-7,12H2,1-5H3,(H,20,23)/t13-/m1/s1. The van der Waals surface area contributed by atoms with E-state index in [2.05, 4.69) is 22.5 Å². The number of aryl methyl sites for hydroxylation is 3. The number of hydrogen-bond acceptors (Lipinski definition) is 3. The lowest BCUT2D eigenvalue weighted by Gasteiger charge is -2.14. The summed E-state index contributed by atoms with van der Waals surface area (Å²) in [5.74, 6) is 0.916. The first kappa shape index (κ1) is 18.0. The molecule has 1 N–H and O–H groups in total. The van der Waals surface area contributed by atoms with Gasteiger partial charge in [0.25, 0.3) is 0 Å². The van der Waals surface area contributed by atoms with Crippen LogP contribution in [0.2, 0.25) is 0 Å². The molecule has 130 valence electrons. The van der Waals surface area contributed by atoms with E-state index < -0.39 is 0 Å². The zero-order chi connectivity index (χ0) is 17.7. The van der Waals surface area contributed by atoms with Crippen molar-refractivity contribution in [3.8, 4) is 5.75 Å². The van der Waals surface area contributed by atoms with Crippen LogP contribution in [0.25, 0.3) is 0 Å². The van der Waals surface area contributed by atoms with Gasteiger partial charge in [-0.15, -0.1) is 0 Å². The van der Waals surface area contributed by atoms with Crippen molar-refractivity contribution < 1.29 is 9.53 Å². The molecule has 2 aromatic rings. The summed E-state index contributed by atoms with van der Waals surface area (Å²) in [5.41, 5.74) is 4.25. The van der Waals surface area contributed by atoms with Crippen molar-refractivity contribution in [1.29, 1.82) is 0 Å². The predicted octanol–water partition coefficient (Wildman–Crippen LogP) is 2.73. The Morgan fingerprint density at radius 3 is 2.50 bits per heavy atom. The molecule has 2 rings (SSSR count). The van der Waals surface area contributed by atoms with Gasteiger partial charge in [-0.3, -0.25) is 9.48 Å². The van der Waals surface area contributed by atoms with Crippen LogP contribution < -0.4 is 10.1 Å². The Hall–Kier alpha value is -2.30. The summed E-state index contributed by atoms with van der Waals surface area (Å²) < 4.78 is 6.99. The molecule has 0 aliphatic carbocycles. The van der Waals surface area contributed by atoms with Gasteiger partial charge < -0.3 is 10.1 Å². The smallest absolute Gasteiger partial charge is 0.224 e. The van der Waals surface area contributed by atoms with Crippen molar-refractivity contribution >= 4 is 5.91 Å². The third kappa shape index (κ3) is 4.60. The zero-order valence-corrected chi connectivity index (χ0v) is 15.2. The van der Waals surface area contributed by atoms with Gasteiger partial charge in [0.05, 0.1) is 19.2 Å².